The maximum atomic E-state index is 12.8. The molecule has 0 aliphatic carbocycles. The first-order chi connectivity index (χ1) is 10.9. The average Bonchev–Trinajstić information content (AvgIpc) is 2.89. The molecule has 0 aliphatic heterocycles. The Kier molecular flexibility index (Phi) is 3.77. The van der Waals surface area contributed by atoms with Gasteiger partial charge in [0.2, 0.25) is 0 Å². The Morgan fingerprint density at radius 3 is 2.65 bits per heavy atom. The Morgan fingerprint density at radius 1 is 1.17 bits per heavy atom. The van der Waals surface area contributed by atoms with Crippen LogP contribution < -0.4 is 10.1 Å². The van der Waals surface area contributed by atoms with Crippen LogP contribution in [0.4, 0.5) is 24.0 Å². The first kappa shape index (κ1) is 15.4. The third kappa shape index (κ3) is 3.16. The molecule has 8 heteroatoms. The van der Waals surface area contributed by atoms with Gasteiger partial charge in [-0.2, -0.15) is 13.2 Å². The number of nitrogens with one attached hydrogen (secondary N) is 1. The van der Waals surface area contributed by atoms with E-state index in [4.69, 9.17) is 4.74 Å². The summed E-state index contributed by atoms with van der Waals surface area (Å²) in [7, 11) is 1.55. The fourth-order valence-corrected chi connectivity index (χ4v) is 2.96. The number of rotatable bonds is 3. The molecule has 2 N–H and O–H groups in total. The van der Waals surface area contributed by atoms with Crippen molar-refractivity contribution in [1.29, 1.82) is 0 Å². The van der Waals surface area contributed by atoms with Crippen molar-refractivity contribution in [3.63, 3.8) is 0 Å². The smallest absolute Gasteiger partial charge is 0.420 e. The van der Waals surface area contributed by atoms with Crippen molar-refractivity contribution in [2.75, 3.05) is 12.4 Å². The highest BCUT2D eigenvalue weighted by molar-refractivity contribution is 7.22. The van der Waals surface area contributed by atoms with Gasteiger partial charge >= 0.3 is 6.18 Å². The number of benzene rings is 2. The van der Waals surface area contributed by atoms with Crippen LogP contribution in [-0.4, -0.2) is 17.2 Å². The molecule has 23 heavy (non-hydrogen) atoms. The largest absolute Gasteiger partial charge is 0.507 e. The molecule has 0 bridgehead atoms. The van der Waals surface area contributed by atoms with Crippen molar-refractivity contribution in [2.24, 2.45) is 0 Å². The van der Waals surface area contributed by atoms with E-state index < -0.39 is 17.5 Å². The summed E-state index contributed by atoms with van der Waals surface area (Å²) in [5, 5.41) is 12.6. The van der Waals surface area contributed by atoms with Crippen molar-refractivity contribution in [3.8, 4) is 11.5 Å². The van der Waals surface area contributed by atoms with E-state index in [9.17, 15) is 18.3 Å². The number of hydrogen-bond donors (Lipinski definition) is 2. The fourth-order valence-electron chi connectivity index (χ4n) is 2.05. The number of phenols is 1. The summed E-state index contributed by atoms with van der Waals surface area (Å²) in [6.45, 7) is 0. The van der Waals surface area contributed by atoms with Crippen molar-refractivity contribution < 1.29 is 23.0 Å². The maximum absolute atomic E-state index is 12.8. The lowest BCUT2D eigenvalue weighted by Gasteiger charge is -2.11. The molecule has 3 aromatic rings. The predicted octanol–water partition coefficient (Wildman–Crippen LogP) is 4.77. The summed E-state index contributed by atoms with van der Waals surface area (Å²) in [4.78, 5) is 4.31. The van der Waals surface area contributed by atoms with E-state index >= 15 is 0 Å². The topological polar surface area (TPSA) is 54.4 Å². The zero-order chi connectivity index (χ0) is 16.6. The molecule has 0 saturated carbocycles. The molecule has 0 aliphatic rings. The van der Waals surface area contributed by atoms with Gasteiger partial charge in [0.1, 0.15) is 11.5 Å². The molecular formula is C15H11F3N2O2S. The van der Waals surface area contributed by atoms with E-state index in [-0.39, 0.29) is 5.69 Å². The zero-order valence-corrected chi connectivity index (χ0v) is 12.6. The number of ether oxygens (including phenoxy) is 1. The molecule has 0 unspecified atom stereocenters. The summed E-state index contributed by atoms with van der Waals surface area (Å²) in [6, 6.07) is 8.54. The minimum Gasteiger partial charge on any atom is -0.507 e. The van der Waals surface area contributed by atoms with Crippen LogP contribution in [0.2, 0.25) is 0 Å². The standard InChI is InChI=1S/C15H11F3N2O2S/c1-22-9-3-4-11-13(7-9)23-14(20-11)19-8-2-5-12(21)10(6-8)15(16,17)18/h2-7,21H,1H3,(H,19,20). The Bertz CT molecular complexity index is 862. The second kappa shape index (κ2) is 5.62. The summed E-state index contributed by atoms with van der Waals surface area (Å²) >= 11 is 1.29. The number of halogens is 3. The number of alkyl halides is 3. The number of fused-ring (bicyclic) bond motifs is 1. The summed E-state index contributed by atoms with van der Waals surface area (Å²) < 4.78 is 44.4. The van der Waals surface area contributed by atoms with Crippen LogP contribution >= 0.6 is 11.3 Å². The van der Waals surface area contributed by atoms with Crippen molar-refractivity contribution in [2.45, 2.75) is 6.18 Å². The second-order valence-corrected chi connectivity index (χ2v) is 5.74. The van der Waals surface area contributed by atoms with Gasteiger partial charge in [-0.1, -0.05) is 11.3 Å². The number of nitrogens with zero attached hydrogens (tertiary/aromatic N) is 1. The molecule has 120 valence electrons. The van der Waals surface area contributed by atoms with Gasteiger partial charge < -0.3 is 15.2 Å². The lowest BCUT2D eigenvalue weighted by Crippen LogP contribution is -2.05. The first-order valence-electron chi connectivity index (χ1n) is 6.48. The molecular weight excluding hydrogens is 329 g/mol. The number of anilines is 2. The maximum Gasteiger partial charge on any atom is 0.420 e. The monoisotopic (exact) mass is 340 g/mol. The Labute approximate surface area is 133 Å². The zero-order valence-electron chi connectivity index (χ0n) is 11.8. The number of aromatic hydroxyl groups is 1. The number of phenolic OH excluding ortho intramolecular Hbond substituents is 1. The van der Waals surface area contributed by atoms with Crippen LogP contribution in [0, 0.1) is 0 Å². The van der Waals surface area contributed by atoms with Crippen LogP contribution in [0.15, 0.2) is 36.4 Å². The van der Waals surface area contributed by atoms with E-state index in [1.807, 2.05) is 0 Å². The highest BCUT2D eigenvalue weighted by Gasteiger charge is 2.34. The number of thiazole rings is 1. The SMILES string of the molecule is COc1ccc2nc(Nc3ccc(O)c(C(F)(F)F)c3)sc2c1. The third-order valence-corrected chi connectivity index (χ3v) is 4.08. The first-order valence-corrected chi connectivity index (χ1v) is 7.30. The Hall–Kier alpha value is -2.48. The molecule has 1 aromatic heterocycles. The van der Waals surface area contributed by atoms with Crippen LogP contribution in [0.5, 0.6) is 11.5 Å². The Morgan fingerprint density at radius 2 is 1.96 bits per heavy atom. The van der Waals surface area contributed by atoms with Crippen LogP contribution in [0.1, 0.15) is 5.56 Å². The molecule has 0 spiro atoms. The van der Waals surface area contributed by atoms with E-state index in [1.165, 1.54) is 17.4 Å². The van der Waals surface area contributed by atoms with E-state index in [0.29, 0.717) is 16.4 Å². The third-order valence-electron chi connectivity index (χ3n) is 3.15. The molecule has 0 fully saturated rings. The van der Waals surface area contributed by atoms with E-state index in [2.05, 4.69) is 10.3 Å². The lowest BCUT2D eigenvalue weighted by atomic mass is 10.1. The average molecular weight is 340 g/mol. The minimum atomic E-state index is -4.62. The molecule has 1 heterocycles. The summed E-state index contributed by atoms with van der Waals surface area (Å²) in [5.74, 6) is -0.131. The predicted molar refractivity (Wildman–Crippen MR) is 82.6 cm³/mol. The van der Waals surface area contributed by atoms with E-state index in [0.717, 1.165) is 16.8 Å². The van der Waals surface area contributed by atoms with Crippen molar-refractivity contribution in [1.82, 2.24) is 4.98 Å². The van der Waals surface area contributed by atoms with Gasteiger partial charge in [0, 0.05) is 5.69 Å². The lowest BCUT2D eigenvalue weighted by molar-refractivity contribution is -0.138. The van der Waals surface area contributed by atoms with Gasteiger partial charge in [-0.15, -0.1) is 0 Å². The molecule has 2 aromatic carbocycles. The summed E-state index contributed by atoms with van der Waals surface area (Å²) in [5.41, 5.74) is -0.181. The van der Waals surface area contributed by atoms with Gasteiger partial charge in [0.05, 0.1) is 22.9 Å². The van der Waals surface area contributed by atoms with Gasteiger partial charge in [-0.25, -0.2) is 4.98 Å². The van der Waals surface area contributed by atoms with E-state index in [1.54, 1.807) is 25.3 Å². The number of aromatic nitrogens is 1. The molecule has 0 radical (unpaired) electrons. The Balaban J connectivity index is 1.93. The molecule has 0 amide bonds. The molecule has 3 rings (SSSR count). The highest BCUT2D eigenvalue weighted by atomic mass is 32.1. The van der Waals surface area contributed by atoms with Crippen LogP contribution in [0.25, 0.3) is 10.2 Å². The quantitative estimate of drug-likeness (QED) is 0.674. The highest BCUT2D eigenvalue weighted by Crippen LogP contribution is 2.38. The van der Waals surface area contributed by atoms with Crippen LogP contribution in [0.3, 0.4) is 0 Å². The van der Waals surface area contributed by atoms with Crippen LogP contribution in [-0.2, 0) is 6.18 Å². The molecule has 4 nitrogen and oxygen atoms in total. The van der Waals surface area contributed by atoms with Crippen molar-refractivity contribution >= 4 is 32.4 Å². The van der Waals surface area contributed by atoms with Gasteiger partial charge in [-0.3, -0.25) is 0 Å². The fraction of sp³-hybridized carbons (Fsp3) is 0.133. The number of methoxy groups -OCH3 is 1. The van der Waals surface area contributed by atoms with Gasteiger partial charge in [0.15, 0.2) is 5.13 Å². The summed E-state index contributed by atoms with van der Waals surface area (Å²) in [6.07, 6.45) is -4.62. The second-order valence-electron chi connectivity index (χ2n) is 4.71. The molecule has 0 saturated heterocycles. The van der Waals surface area contributed by atoms with Crippen molar-refractivity contribution in [3.05, 3.63) is 42.0 Å². The molecule has 0 atom stereocenters. The normalized spacial score (nSPS) is 11.7. The number of hydrogen-bond acceptors (Lipinski definition) is 5. The van der Waals surface area contributed by atoms with Gasteiger partial charge in [0.25, 0.3) is 0 Å². The minimum absolute atomic E-state index is 0.196. The van der Waals surface area contributed by atoms with Gasteiger partial charge in [-0.05, 0) is 36.4 Å².